The van der Waals surface area contributed by atoms with Crippen molar-refractivity contribution in [3.05, 3.63) is 47.6 Å². The van der Waals surface area contributed by atoms with Crippen molar-refractivity contribution >= 4 is 35.5 Å². The topological polar surface area (TPSA) is 343 Å². The molecule has 30 nitrogen and oxygen atoms in total. The van der Waals surface area contributed by atoms with Crippen LogP contribution in [0.15, 0.2) is 47.6 Å². The number of hydrogen-bond donors (Lipinski definition) is 3. The number of ether oxygens (including phenoxy) is 20. The van der Waals surface area contributed by atoms with Crippen LogP contribution in [0.1, 0.15) is 159 Å². The van der Waals surface area contributed by atoms with Gasteiger partial charge in [-0.3, -0.25) is 19.2 Å². The average Bonchev–Trinajstić information content (AvgIpc) is 0.777. The lowest BCUT2D eigenvalue weighted by atomic mass is 9.78. The van der Waals surface area contributed by atoms with Gasteiger partial charge in [0.1, 0.15) is 36.6 Å². The summed E-state index contributed by atoms with van der Waals surface area (Å²) in [6.07, 6.45) is 9.69. The fourth-order valence-electron chi connectivity index (χ4n) is 14.3. The first-order chi connectivity index (χ1) is 55.6. The first-order valence-electron chi connectivity index (χ1n) is 42.2. The van der Waals surface area contributed by atoms with E-state index in [1.807, 2.05) is 65.0 Å². The highest BCUT2D eigenvalue weighted by atomic mass is 16.6. The fraction of sp³-hybridized carbons (Fsp3) is 0.835. The normalized spacial score (nSPS) is 28.5. The number of carbonyl (C=O) groups excluding carboxylic acids is 6. The van der Waals surface area contributed by atoms with Crippen molar-refractivity contribution in [2.45, 2.75) is 219 Å². The molecule has 0 unspecified atom stereocenters. The number of piperidine rings is 1. The van der Waals surface area contributed by atoms with Gasteiger partial charge in [0.2, 0.25) is 5.79 Å². The summed E-state index contributed by atoms with van der Waals surface area (Å²) in [5.74, 6) is -8.84. The van der Waals surface area contributed by atoms with Crippen molar-refractivity contribution in [2.24, 2.45) is 35.5 Å². The molecule has 0 spiro atoms. The van der Waals surface area contributed by atoms with Crippen LogP contribution in [0.4, 0.5) is 4.79 Å². The number of methoxy groups -OCH3 is 3. The van der Waals surface area contributed by atoms with E-state index in [9.17, 15) is 34.2 Å². The van der Waals surface area contributed by atoms with Gasteiger partial charge in [0.15, 0.2) is 5.78 Å². The van der Waals surface area contributed by atoms with Gasteiger partial charge in [-0.2, -0.15) is 0 Å². The van der Waals surface area contributed by atoms with E-state index >= 15 is 4.79 Å². The summed E-state index contributed by atoms with van der Waals surface area (Å²) in [7, 11) is 4.52. The van der Waals surface area contributed by atoms with Crippen LogP contribution in [0, 0.1) is 35.5 Å². The van der Waals surface area contributed by atoms with Crippen molar-refractivity contribution in [1.29, 1.82) is 0 Å². The number of esters is 2. The first-order valence-corrected chi connectivity index (χ1v) is 42.2. The van der Waals surface area contributed by atoms with Crippen molar-refractivity contribution in [2.75, 3.05) is 206 Å². The monoisotopic (exact) mass is 1640 g/mol. The number of rotatable bonds is 51. The Morgan fingerprint density at radius 1 is 0.583 bits per heavy atom. The molecule has 4 aliphatic rings. The van der Waals surface area contributed by atoms with Crippen molar-refractivity contribution in [3.8, 4) is 0 Å². The molecule has 0 aromatic carbocycles. The lowest BCUT2D eigenvalue weighted by Gasteiger charge is -2.43. The zero-order valence-electron chi connectivity index (χ0n) is 71.5. The van der Waals surface area contributed by atoms with E-state index < -0.39 is 108 Å². The highest BCUT2D eigenvalue weighted by Gasteiger charge is 2.53. The minimum Gasteiger partial charge on any atom is -0.460 e. The van der Waals surface area contributed by atoms with Gasteiger partial charge < -0.3 is 115 Å². The van der Waals surface area contributed by atoms with Crippen LogP contribution < -0.4 is 5.32 Å². The summed E-state index contributed by atoms with van der Waals surface area (Å²) in [4.78, 5) is 87.8. The number of carbonyl (C=O) groups is 6. The van der Waals surface area contributed by atoms with Crippen LogP contribution in [0.25, 0.3) is 0 Å². The maximum Gasteiger partial charge on any atom is 0.407 e. The molecule has 3 fully saturated rings. The molecule has 2 saturated heterocycles. The number of amides is 2. The molecule has 0 aromatic heterocycles. The highest BCUT2D eigenvalue weighted by Crippen LogP contribution is 2.39. The van der Waals surface area contributed by atoms with Crippen LogP contribution in [0.5, 0.6) is 0 Å². The SMILES string of the molecule is CCCOCCOCCOCCOCCOCCOCCOCCOCCNC(=O)O[C@@H]1C[C@@H]([C@H](C)C[C@@H]2CC[C@@H](OC(=O)CCCOCCOCCOCCOCCOCC)[C@H](OC)C2)OC(=O)[C@@H]2CCCCN2C(=O)C(=O)[C@]2(O)O[C@@H](CC[C@H]2C)C[C@H](OC)/C(C)=C/C=C/C=C/[C@@H](C)C[C@@H](C)C(=O)[C@H](OC)[C@H](O)/C(C)=C/[C@H]1C. The standard InChI is InChI=1S/C85H146N2O28/c1-13-31-100-36-39-104-44-47-108-50-52-110-54-55-111-53-51-109-49-46-106-41-38-102-33-29-86-84(94)114-75-61-74(65(6)58-69-26-28-72(76(59-69)97-11)112-77(88)24-20-32-101-37-40-105-45-48-107-43-42-103-35-34-99-14-2)113-83(93)71-23-18-19-30-87(71)82(92)81(91)85(95)68(9)25-27-70(115-85)60-73(96-10)63(4)22-17-15-16-21-62(3)56-66(7)78(89)80(98-12)79(90)67(8)57-64(75)5/h15-17,21-22,57,62,64-66,68-76,79-80,90,95H,13-14,18-20,23-56,58-61H2,1-12H3,(H,86,94)/b17-15+,21-16+,63-22+,67-57+/t62-,64-,65-,66-,68-,69+,70+,71+,72-,73+,74+,75-,76-,79-,80+,85-/m1/s1. The third-order valence-electron chi connectivity index (χ3n) is 21.0. The Hall–Kier alpha value is -4.78. The second-order valence-corrected chi connectivity index (χ2v) is 30.2. The smallest absolute Gasteiger partial charge is 0.407 e. The van der Waals surface area contributed by atoms with Crippen molar-refractivity contribution in [1.82, 2.24) is 10.2 Å². The zero-order valence-corrected chi connectivity index (χ0v) is 71.5. The Balaban J connectivity index is 1.50. The van der Waals surface area contributed by atoms with Crippen LogP contribution >= 0.6 is 0 Å². The predicted molar refractivity (Wildman–Crippen MR) is 428 cm³/mol. The van der Waals surface area contributed by atoms with E-state index in [0.717, 1.165) is 18.6 Å². The lowest BCUT2D eigenvalue weighted by Crippen LogP contribution is -2.61. The number of hydrogen-bond acceptors (Lipinski definition) is 28. The highest BCUT2D eigenvalue weighted by molar-refractivity contribution is 6.39. The molecule has 0 radical (unpaired) electrons. The third-order valence-corrected chi connectivity index (χ3v) is 21.0. The van der Waals surface area contributed by atoms with Crippen LogP contribution in [-0.2, 0) is 119 Å². The number of aliphatic hydroxyl groups excluding tert-OH is 1. The Bertz CT molecular complexity index is 2760. The minimum absolute atomic E-state index is 0.0157. The number of nitrogens with zero attached hydrogens (tertiary/aromatic N) is 1. The zero-order chi connectivity index (χ0) is 83.9. The maximum absolute atomic E-state index is 15.3. The van der Waals surface area contributed by atoms with E-state index in [1.165, 1.54) is 12.0 Å². The molecule has 1 aliphatic carbocycles. The summed E-state index contributed by atoms with van der Waals surface area (Å²) in [6, 6.07) is -1.25. The molecular weight excluding hydrogens is 1500 g/mol. The Kier molecular flexibility index (Phi) is 55.6. The van der Waals surface area contributed by atoms with Crippen LogP contribution in [0.2, 0.25) is 0 Å². The molecule has 3 aliphatic heterocycles. The molecule has 0 aromatic rings. The Morgan fingerprint density at radius 2 is 1.13 bits per heavy atom. The van der Waals surface area contributed by atoms with E-state index in [4.69, 9.17) is 94.7 Å². The molecule has 2 bridgehead atoms. The van der Waals surface area contributed by atoms with Crippen molar-refractivity contribution < 1.29 is 134 Å². The minimum atomic E-state index is -2.52. The number of cyclic esters (lactones) is 1. The number of aliphatic hydroxyl groups is 2. The summed E-state index contributed by atoms with van der Waals surface area (Å²) in [6.45, 7) is 28.0. The molecule has 1 saturated carbocycles. The van der Waals surface area contributed by atoms with E-state index in [1.54, 1.807) is 41.1 Å². The number of alkyl carbamates (subject to hydrolysis) is 1. The lowest BCUT2D eigenvalue weighted by molar-refractivity contribution is -0.265. The number of ketones is 2. The maximum atomic E-state index is 15.3. The molecular formula is C85H146N2O28. The summed E-state index contributed by atoms with van der Waals surface area (Å²) in [5.41, 5.74) is 1.21. The second kappa shape index (κ2) is 62.4. The molecule has 30 heteroatoms. The number of nitrogens with one attached hydrogen (secondary N) is 1. The summed E-state index contributed by atoms with van der Waals surface area (Å²) >= 11 is 0. The van der Waals surface area contributed by atoms with Gasteiger partial charge in [0.05, 0.1) is 170 Å². The molecule has 3 heterocycles. The van der Waals surface area contributed by atoms with E-state index in [-0.39, 0.29) is 82.2 Å². The third kappa shape index (κ3) is 41.8. The number of Topliss-reactive ketones (excluding diaryl/α,β-unsaturated/α-hetero) is 2. The van der Waals surface area contributed by atoms with Gasteiger partial charge in [0, 0.05) is 91.3 Å². The molecule has 2 amide bonds. The second-order valence-electron chi connectivity index (χ2n) is 30.2. The molecule has 3 N–H and O–H groups in total. The van der Waals surface area contributed by atoms with Crippen molar-refractivity contribution in [3.63, 3.8) is 0 Å². The first kappa shape index (κ1) is 103. The van der Waals surface area contributed by atoms with Crippen LogP contribution in [-0.4, -0.2) is 317 Å². The number of fused-ring (bicyclic) bond motifs is 3. The summed E-state index contributed by atoms with van der Waals surface area (Å²) in [5, 5.41) is 27.2. The van der Waals surface area contributed by atoms with Gasteiger partial charge in [-0.25, -0.2) is 9.59 Å². The largest absolute Gasteiger partial charge is 0.460 e. The van der Waals surface area contributed by atoms with Gasteiger partial charge in [0.25, 0.3) is 11.7 Å². The van der Waals surface area contributed by atoms with Gasteiger partial charge in [-0.1, -0.05) is 78.0 Å². The van der Waals surface area contributed by atoms with E-state index in [0.29, 0.717) is 215 Å². The fourth-order valence-corrected chi connectivity index (χ4v) is 14.3. The molecule has 115 heavy (non-hydrogen) atoms. The van der Waals surface area contributed by atoms with Crippen LogP contribution in [0.3, 0.4) is 0 Å². The van der Waals surface area contributed by atoms with Gasteiger partial charge in [-0.05, 0) is 127 Å². The quantitative estimate of drug-likeness (QED) is 0.0168. The van der Waals surface area contributed by atoms with Gasteiger partial charge >= 0.3 is 18.0 Å². The molecule has 16 atom stereocenters. The number of allylic oxidation sites excluding steroid dienone is 5. The molecule has 664 valence electrons. The average molecular weight is 1640 g/mol. The summed E-state index contributed by atoms with van der Waals surface area (Å²) < 4.78 is 115. The van der Waals surface area contributed by atoms with E-state index in [2.05, 4.69) is 12.2 Å². The molecule has 4 rings (SSSR count). The van der Waals surface area contributed by atoms with Gasteiger partial charge in [-0.15, -0.1) is 0 Å². The Labute approximate surface area is 685 Å². The predicted octanol–water partition coefficient (Wildman–Crippen LogP) is 8.68. The Morgan fingerprint density at radius 3 is 1.67 bits per heavy atom.